The van der Waals surface area contributed by atoms with Crippen LogP contribution < -0.4 is 5.73 Å². The first-order chi connectivity index (χ1) is 8.87. The van der Waals surface area contributed by atoms with Gasteiger partial charge >= 0.3 is 0 Å². The molecule has 0 aromatic heterocycles. The SMILES string of the molecule is CN(C(=O)CN1CCC[C@@H](N)C1)C1CCS(=O)(=O)C1. The second kappa shape index (κ2) is 5.76. The summed E-state index contributed by atoms with van der Waals surface area (Å²) in [5, 5.41) is 0. The highest BCUT2D eigenvalue weighted by Gasteiger charge is 2.33. The standard InChI is InChI=1S/C12H23N3O3S/c1-14(11-4-6-19(17,18)9-11)12(16)8-15-5-2-3-10(13)7-15/h10-11H,2-9,13H2,1H3/t10-,11?/m1/s1. The Morgan fingerprint density at radius 2 is 2.16 bits per heavy atom. The van der Waals surface area contributed by atoms with Crippen molar-refractivity contribution < 1.29 is 13.2 Å². The fourth-order valence-corrected chi connectivity index (χ4v) is 4.60. The van der Waals surface area contributed by atoms with Gasteiger partial charge in [0.2, 0.25) is 5.91 Å². The lowest BCUT2D eigenvalue weighted by molar-refractivity contribution is -0.133. The number of sulfone groups is 1. The highest BCUT2D eigenvalue weighted by atomic mass is 32.2. The van der Waals surface area contributed by atoms with E-state index in [0.29, 0.717) is 13.0 Å². The molecule has 0 spiro atoms. The molecule has 2 fully saturated rings. The molecular weight excluding hydrogens is 266 g/mol. The molecule has 1 amide bonds. The average Bonchev–Trinajstić information content (AvgIpc) is 2.68. The molecule has 2 N–H and O–H groups in total. The molecular formula is C12H23N3O3S. The van der Waals surface area contributed by atoms with Crippen molar-refractivity contribution in [3.05, 3.63) is 0 Å². The molecule has 2 heterocycles. The van der Waals surface area contributed by atoms with Crippen LogP contribution in [0.1, 0.15) is 19.3 Å². The number of hydrogen-bond donors (Lipinski definition) is 1. The van der Waals surface area contributed by atoms with Gasteiger partial charge in [-0.25, -0.2) is 8.42 Å². The van der Waals surface area contributed by atoms with E-state index in [-0.39, 0.29) is 29.5 Å². The number of carbonyl (C=O) groups excluding carboxylic acids is 1. The zero-order valence-corrected chi connectivity index (χ0v) is 12.2. The van der Waals surface area contributed by atoms with Crippen LogP contribution >= 0.6 is 0 Å². The van der Waals surface area contributed by atoms with Gasteiger partial charge in [0.1, 0.15) is 0 Å². The number of amides is 1. The largest absolute Gasteiger partial charge is 0.341 e. The Morgan fingerprint density at radius 3 is 2.74 bits per heavy atom. The van der Waals surface area contributed by atoms with Crippen molar-refractivity contribution in [2.24, 2.45) is 5.73 Å². The van der Waals surface area contributed by atoms with Crippen LogP contribution in [0, 0.1) is 0 Å². The molecule has 7 heteroatoms. The molecule has 0 aromatic rings. The molecule has 2 saturated heterocycles. The van der Waals surface area contributed by atoms with Crippen molar-refractivity contribution >= 4 is 15.7 Å². The maximum Gasteiger partial charge on any atom is 0.236 e. The number of likely N-dealkylation sites (N-methyl/N-ethyl adjacent to an activating group) is 1. The maximum absolute atomic E-state index is 12.2. The van der Waals surface area contributed by atoms with E-state index in [2.05, 4.69) is 4.90 Å². The highest BCUT2D eigenvalue weighted by Crippen LogP contribution is 2.17. The average molecular weight is 289 g/mol. The summed E-state index contributed by atoms with van der Waals surface area (Å²) < 4.78 is 22.9. The third-order valence-electron chi connectivity index (χ3n) is 4.05. The third kappa shape index (κ3) is 3.90. The fourth-order valence-electron chi connectivity index (χ4n) is 2.82. The normalized spacial score (nSPS) is 31.3. The Morgan fingerprint density at radius 1 is 1.42 bits per heavy atom. The summed E-state index contributed by atoms with van der Waals surface area (Å²) in [4.78, 5) is 15.8. The van der Waals surface area contributed by atoms with E-state index in [0.717, 1.165) is 25.9 Å². The van der Waals surface area contributed by atoms with Crippen LogP contribution in [0.15, 0.2) is 0 Å². The van der Waals surface area contributed by atoms with E-state index in [1.165, 1.54) is 0 Å². The molecule has 1 unspecified atom stereocenters. The van der Waals surface area contributed by atoms with Crippen LogP contribution in [0.25, 0.3) is 0 Å². The van der Waals surface area contributed by atoms with Gasteiger partial charge < -0.3 is 10.6 Å². The zero-order chi connectivity index (χ0) is 14.0. The number of piperidine rings is 1. The van der Waals surface area contributed by atoms with Gasteiger partial charge in [-0.05, 0) is 25.8 Å². The van der Waals surface area contributed by atoms with Crippen molar-refractivity contribution in [3.63, 3.8) is 0 Å². The molecule has 0 saturated carbocycles. The van der Waals surface area contributed by atoms with E-state index >= 15 is 0 Å². The van der Waals surface area contributed by atoms with Crippen LogP contribution in [0.4, 0.5) is 0 Å². The number of likely N-dealkylation sites (tertiary alicyclic amines) is 1. The monoisotopic (exact) mass is 289 g/mol. The number of carbonyl (C=O) groups is 1. The Kier molecular flexibility index (Phi) is 4.47. The number of nitrogens with zero attached hydrogens (tertiary/aromatic N) is 2. The van der Waals surface area contributed by atoms with Crippen molar-refractivity contribution in [2.75, 3.05) is 38.2 Å². The van der Waals surface area contributed by atoms with Crippen LogP contribution in [0.2, 0.25) is 0 Å². The van der Waals surface area contributed by atoms with Crippen LogP contribution in [-0.4, -0.2) is 74.4 Å². The van der Waals surface area contributed by atoms with Gasteiger partial charge in [0.25, 0.3) is 0 Å². The summed E-state index contributed by atoms with van der Waals surface area (Å²) in [6, 6.07) is -0.00493. The van der Waals surface area contributed by atoms with Gasteiger partial charge in [0, 0.05) is 25.7 Å². The molecule has 2 aliphatic rings. The Balaban J connectivity index is 1.86. The first-order valence-corrected chi connectivity index (χ1v) is 8.63. The third-order valence-corrected chi connectivity index (χ3v) is 5.80. The smallest absolute Gasteiger partial charge is 0.236 e. The van der Waals surface area contributed by atoms with E-state index < -0.39 is 9.84 Å². The second-order valence-corrected chi connectivity index (χ2v) is 7.93. The lowest BCUT2D eigenvalue weighted by atomic mass is 10.1. The molecule has 6 nitrogen and oxygen atoms in total. The molecule has 0 bridgehead atoms. The van der Waals surface area contributed by atoms with E-state index in [1.807, 2.05) is 0 Å². The first kappa shape index (κ1) is 14.7. The minimum atomic E-state index is -2.94. The zero-order valence-electron chi connectivity index (χ0n) is 11.4. The molecule has 2 atom stereocenters. The fraction of sp³-hybridized carbons (Fsp3) is 0.917. The minimum Gasteiger partial charge on any atom is -0.341 e. The topological polar surface area (TPSA) is 83.7 Å². The molecule has 0 radical (unpaired) electrons. The van der Waals surface area contributed by atoms with Gasteiger partial charge in [-0.15, -0.1) is 0 Å². The number of hydrogen-bond acceptors (Lipinski definition) is 5. The lowest BCUT2D eigenvalue weighted by Crippen LogP contribution is -2.49. The summed E-state index contributed by atoms with van der Waals surface area (Å²) in [7, 11) is -1.24. The van der Waals surface area contributed by atoms with Crippen molar-refractivity contribution in [3.8, 4) is 0 Å². The van der Waals surface area contributed by atoms with Gasteiger partial charge in [0.05, 0.1) is 18.1 Å². The summed E-state index contributed by atoms with van der Waals surface area (Å²) in [5.74, 6) is 0.301. The van der Waals surface area contributed by atoms with E-state index in [9.17, 15) is 13.2 Å². The molecule has 2 rings (SSSR count). The number of rotatable bonds is 3. The highest BCUT2D eigenvalue weighted by molar-refractivity contribution is 7.91. The summed E-state index contributed by atoms with van der Waals surface area (Å²) in [6.45, 7) is 2.00. The Hall–Kier alpha value is -0.660. The first-order valence-electron chi connectivity index (χ1n) is 6.81. The van der Waals surface area contributed by atoms with Crippen LogP contribution in [0.5, 0.6) is 0 Å². The van der Waals surface area contributed by atoms with Gasteiger partial charge in [-0.2, -0.15) is 0 Å². The lowest BCUT2D eigenvalue weighted by Gasteiger charge is -2.32. The van der Waals surface area contributed by atoms with E-state index in [1.54, 1.807) is 11.9 Å². The van der Waals surface area contributed by atoms with Crippen LogP contribution in [0.3, 0.4) is 0 Å². The van der Waals surface area contributed by atoms with Crippen molar-refractivity contribution in [2.45, 2.75) is 31.3 Å². The van der Waals surface area contributed by atoms with Crippen molar-refractivity contribution in [1.82, 2.24) is 9.80 Å². The van der Waals surface area contributed by atoms with Gasteiger partial charge in [0.15, 0.2) is 9.84 Å². The molecule has 2 aliphatic heterocycles. The summed E-state index contributed by atoms with van der Waals surface area (Å²) in [5.41, 5.74) is 5.89. The Labute approximate surface area is 114 Å². The predicted molar refractivity (Wildman–Crippen MR) is 73.5 cm³/mol. The molecule has 0 aliphatic carbocycles. The Bertz CT molecular complexity index is 438. The minimum absolute atomic E-state index is 0.00352. The van der Waals surface area contributed by atoms with Gasteiger partial charge in [-0.3, -0.25) is 9.69 Å². The van der Waals surface area contributed by atoms with Crippen molar-refractivity contribution in [1.29, 1.82) is 0 Å². The van der Waals surface area contributed by atoms with Gasteiger partial charge in [-0.1, -0.05) is 0 Å². The maximum atomic E-state index is 12.2. The molecule has 110 valence electrons. The number of nitrogens with two attached hydrogens (primary N) is 1. The summed E-state index contributed by atoms with van der Waals surface area (Å²) in [6.07, 6.45) is 2.60. The quantitative estimate of drug-likeness (QED) is 0.724. The molecule has 0 aromatic carbocycles. The predicted octanol–water partition coefficient (Wildman–Crippen LogP) is -0.945. The van der Waals surface area contributed by atoms with E-state index in [4.69, 9.17) is 5.73 Å². The van der Waals surface area contributed by atoms with Crippen LogP contribution in [-0.2, 0) is 14.6 Å². The molecule has 19 heavy (non-hydrogen) atoms. The summed E-state index contributed by atoms with van der Waals surface area (Å²) >= 11 is 0. The second-order valence-electron chi connectivity index (χ2n) is 5.70.